The second-order valence-electron chi connectivity index (χ2n) is 2.36. The zero-order valence-corrected chi connectivity index (χ0v) is 6.97. The Labute approximate surface area is 71.4 Å². The molecule has 0 heterocycles. The molecule has 1 aromatic carbocycles. The van der Waals surface area contributed by atoms with Crippen LogP contribution in [0.4, 0.5) is 0 Å². The SMILES string of the molecule is [C-]#[N+][C@@H](C)c1ccc(Cl)cc1. The minimum atomic E-state index is -0.0627. The summed E-state index contributed by atoms with van der Waals surface area (Å²) in [7, 11) is 0. The molecule has 2 heteroatoms. The van der Waals surface area contributed by atoms with E-state index in [2.05, 4.69) is 4.85 Å². The Hall–Kier alpha value is -1.00. The van der Waals surface area contributed by atoms with Crippen LogP contribution in [0.1, 0.15) is 18.5 Å². The van der Waals surface area contributed by atoms with E-state index in [0.29, 0.717) is 5.02 Å². The summed E-state index contributed by atoms with van der Waals surface area (Å²) in [4.78, 5) is 3.40. The maximum Gasteiger partial charge on any atom is 0.245 e. The molecule has 0 saturated heterocycles. The van der Waals surface area contributed by atoms with E-state index in [4.69, 9.17) is 18.2 Å². The second kappa shape index (κ2) is 3.41. The molecule has 1 atom stereocenters. The zero-order valence-electron chi connectivity index (χ0n) is 6.21. The van der Waals surface area contributed by atoms with Gasteiger partial charge in [0, 0.05) is 17.5 Å². The highest BCUT2D eigenvalue weighted by Crippen LogP contribution is 2.18. The van der Waals surface area contributed by atoms with Crippen LogP contribution >= 0.6 is 11.6 Å². The molecule has 1 rings (SSSR count). The number of hydrogen-bond acceptors (Lipinski definition) is 0. The van der Waals surface area contributed by atoms with Crippen molar-refractivity contribution >= 4 is 11.6 Å². The van der Waals surface area contributed by atoms with Gasteiger partial charge in [-0.25, -0.2) is 6.57 Å². The van der Waals surface area contributed by atoms with E-state index < -0.39 is 0 Å². The molecule has 0 aromatic heterocycles. The van der Waals surface area contributed by atoms with Crippen molar-refractivity contribution in [2.75, 3.05) is 0 Å². The summed E-state index contributed by atoms with van der Waals surface area (Å²) in [6, 6.07) is 7.31. The number of nitrogens with zero attached hydrogens (tertiary/aromatic N) is 1. The molecule has 0 fully saturated rings. The van der Waals surface area contributed by atoms with Crippen molar-refractivity contribution in [3.05, 3.63) is 46.3 Å². The van der Waals surface area contributed by atoms with Crippen molar-refractivity contribution in [1.29, 1.82) is 0 Å². The summed E-state index contributed by atoms with van der Waals surface area (Å²) in [5.74, 6) is 0. The molecule has 0 amide bonds. The number of halogens is 1. The van der Waals surface area contributed by atoms with Gasteiger partial charge < -0.3 is 4.85 Å². The lowest BCUT2D eigenvalue weighted by atomic mass is 10.1. The van der Waals surface area contributed by atoms with Gasteiger partial charge in [-0.15, -0.1) is 0 Å². The van der Waals surface area contributed by atoms with Crippen LogP contribution in [0.2, 0.25) is 5.02 Å². The maximum absolute atomic E-state index is 6.79. The molecule has 0 aliphatic rings. The van der Waals surface area contributed by atoms with Crippen LogP contribution in [0.3, 0.4) is 0 Å². The fraction of sp³-hybridized carbons (Fsp3) is 0.222. The monoisotopic (exact) mass is 165 g/mol. The molecular weight excluding hydrogens is 158 g/mol. The Morgan fingerprint density at radius 1 is 1.36 bits per heavy atom. The third kappa shape index (κ3) is 1.96. The van der Waals surface area contributed by atoms with E-state index >= 15 is 0 Å². The lowest BCUT2D eigenvalue weighted by molar-refractivity contribution is 0.962. The summed E-state index contributed by atoms with van der Waals surface area (Å²) < 4.78 is 0. The Balaban J connectivity index is 2.92. The highest BCUT2D eigenvalue weighted by Gasteiger charge is 2.06. The van der Waals surface area contributed by atoms with Crippen LogP contribution in [-0.4, -0.2) is 0 Å². The predicted octanol–water partition coefficient (Wildman–Crippen LogP) is 3.32. The first-order valence-corrected chi connectivity index (χ1v) is 3.74. The number of rotatable bonds is 1. The molecule has 0 spiro atoms. The van der Waals surface area contributed by atoms with Crippen LogP contribution in [0.5, 0.6) is 0 Å². The van der Waals surface area contributed by atoms with Crippen LogP contribution < -0.4 is 0 Å². The molecule has 0 aliphatic heterocycles. The lowest BCUT2D eigenvalue weighted by Crippen LogP contribution is -1.84. The van der Waals surface area contributed by atoms with Crippen molar-refractivity contribution < 1.29 is 0 Å². The number of hydrogen-bond donors (Lipinski definition) is 0. The fourth-order valence-electron chi connectivity index (χ4n) is 0.816. The summed E-state index contributed by atoms with van der Waals surface area (Å²) in [5, 5.41) is 0.714. The van der Waals surface area contributed by atoms with Crippen LogP contribution in [0, 0.1) is 6.57 Å². The molecule has 11 heavy (non-hydrogen) atoms. The first-order chi connectivity index (χ1) is 5.24. The predicted molar refractivity (Wildman–Crippen MR) is 46.5 cm³/mol. The number of benzene rings is 1. The topological polar surface area (TPSA) is 4.36 Å². The van der Waals surface area contributed by atoms with E-state index in [9.17, 15) is 0 Å². The van der Waals surface area contributed by atoms with Gasteiger partial charge in [-0.1, -0.05) is 11.6 Å². The minimum Gasteiger partial charge on any atom is -0.309 e. The molecule has 0 N–H and O–H groups in total. The molecule has 56 valence electrons. The maximum atomic E-state index is 6.79. The summed E-state index contributed by atoms with van der Waals surface area (Å²) in [5.41, 5.74) is 1.02. The van der Waals surface area contributed by atoms with Crippen molar-refractivity contribution in [3.63, 3.8) is 0 Å². The van der Waals surface area contributed by atoms with Gasteiger partial charge in [0.25, 0.3) is 0 Å². The Morgan fingerprint density at radius 3 is 2.36 bits per heavy atom. The second-order valence-corrected chi connectivity index (χ2v) is 2.79. The van der Waals surface area contributed by atoms with Crippen molar-refractivity contribution in [3.8, 4) is 0 Å². The van der Waals surface area contributed by atoms with Crippen molar-refractivity contribution in [2.45, 2.75) is 13.0 Å². The highest BCUT2D eigenvalue weighted by molar-refractivity contribution is 6.30. The van der Waals surface area contributed by atoms with E-state index in [0.717, 1.165) is 5.56 Å². The molecule has 0 unspecified atom stereocenters. The molecule has 0 radical (unpaired) electrons. The Bertz CT molecular complexity index is 271. The van der Waals surface area contributed by atoms with Gasteiger partial charge in [0.1, 0.15) is 0 Å². The largest absolute Gasteiger partial charge is 0.309 e. The van der Waals surface area contributed by atoms with Gasteiger partial charge in [-0.2, -0.15) is 0 Å². The summed E-state index contributed by atoms with van der Waals surface area (Å²) in [6.07, 6.45) is 0. The fourth-order valence-corrected chi connectivity index (χ4v) is 0.942. The van der Waals surface area contributed by atoms with E-state index in [1.54, 1.807) is 12.1 Å². The molecule has 0 aliphatic carbocycles. The third-order valence-corrected chi connectivity index (χ3v) is 1.80. The van der Waals surface area contributed by atoms with Gasteiger partial charge >= 0.3 is 0 Å². The van der Waals surface area contributed by atoms with Gasteiger partial charge in [0.2, 0.25) is 6.04 Å². The molecule has 0 bridgehead atoms. The van der Waals surface area contributed by atoms with Gasteiger partial charge in [0.15, 0.2) is 0 Å². The zero-order chi connectivity index (χ0) is 8.27. The van der Waals surface area contributed by atoms with Gasteiger partial charge in [-0.3, -0.25) is 0 Å². The van der Waals surface area contributed by atoms with Crippen molar-refractivity contribution in [1.82, 2.24) is 0 Å². The Morgan fingerprint density at radius 2 is 1.91 bits per heavy atom. The molecular formula is C9H8ClN. The van der Waals surface area contributed by atoms with Gasteiger partial charge in [0.05, 0.1) is 0 Å². The first kappa shape index (κ1) is 8.10. The third-order valence-electron chi connectivity index (χ3n) is 1.55. The van der Waals surface area contributed by atoms with Crippen molar-refractivity contribution in [2.24, 2.45) is 0 Å². The lowest BCUT2D eigenvalue weighted by Gasteiger charge is -1.97. The molecule has 1 nitrogen and oxygen atoms in total. The van der Waals surface area contributed by atoms with Gasteiger partial charge in [-0.05, 0) is 24.3 Å². The summed E-state index contributed by atoms with van der Waals surface area (Å²) in [6.45, 7) is 8.66. The smallest absolute Gasteiger partial charge is 0.245 e. The standard InChI is InChI=1S/C9H8ClN/c1-7(11-2)8-3-5-9(10)6-4-8/h3-7H,1H3/t7-/m0/s1. The van der Waals surface area contributed by atoms with Crippen LogP contribution in [0.25, 0.3) is 4.85 Å². The first-order valence-electron chi connectivity index (χ1n) is 3.36. The average Bonchev–Trinajstić information content (AvgIpc) is 2.05. The average molecular weight is 166 g/mol. The van der Waals surface area contributed by atoms with Crippen LogP contribution in [-0.2, 0) is 0 Å². The highest BCUT2D eigenvalue weighted by atomic mass is 35.5. The molecule has 1 aromatic rings. The minimum absolute atomic E-state index is 0.0627. The quantitative estimate of drug-likeness (QED) is 0.563. The molecule has 0 saturated carbocycles. The summed E-state index contributed by atoms with van der Waals surface area (Å²) >= 11 is 5.68. The van der Waals surface area contributed by atoms with E-state index in [1.165, 1.54) is 0 Å². The van der Waals surface area contributed by atoms with Crippen LogP contribution in [0.15, 0.2) is 24.3 Å². The Kier molecular flexibility index (Phi) is 2.51. The normalized spacial score (nSPS) is 12.1. The van der Waals surface area contributed by atoms with E-state index in [1.807, 2.05) is 19.1 Å². The van der Waals surface area contributed by atoms with E-state index in [-0.39, 0.29) is 6.04 Å².